The van der Waals surface area contributed by atoms with E-state index in [0.29, 0.717) is 6.54 Å². The number of aryl methyl sites for hydroxylation is 3. The van der Waals surface area contributed by atoms with Crippen LogP contribution in [-0.4, -0.2) is 37.4 Å². The van der Waals surface area contributed by atoms with Crippen LogP contribution >= 0.6 is 15.9 Å². The molecule has 0 bridgehead atoms. The Morgan fingerprint density at radius 1 is 1.09 bits per heavy atom. The molecule has 126 valence electrons. The molecule has 0 saturated heterocycles. The predicted molar refractivity (Wildman–Crippen MR) is 93.3 cm³/mol. The molecule has 23 heavy (non-hydrogen) atoms. The molecule has 2 heterocycles. The largest absolute Gasteiger partial charge is 0.340 e. The summed E-state index contributed by atoms with van der Waals surface area (Å²) in [6, 6.07) is 0. The van der Waals surface area contributed by atoms with Crippen LogP contribution in [0.3, 0.4) is 0 Å². The summed E-state index contributed by atoms with van der Waals surface area (Å²) in [5, 5.41) is 8.91. The van der Waals surface area contributed by atoms with Gasteiger partial charge in [0.1, 0.15) is 6.54 Å². The van der Waals surface area contributed by atoms with Crippen molar-refractivity contribution in [3.63, 3.8) is 0 Å². The van der Waals surface area contributed by atoms with Crippen LogP contribution in [0.15, 0.2) is 4.47 Å². The fourth-order valence-corrected chi connectivity index (χ4v) is 2.96. The molecule has 2 rings (SSSR count). The van der Waals surface area contributed by atoms with Crippen LogP contribution < -0.4 is 0 Å². The third kappa shape index (κ3) is 3.49. The Hall–Kier alpha value is -1.63. The molecule has 0 spiro atoms. The maximum absolute atomic E-state index is 12.5. The number of likely N-dealkylation sites (N-methyl/N-ethyl adjacent to an activating group) is 1. The minimum Gasteiger partial charge on any atom is -0.340 e. The smallest absolute Gasteiger partial charge is 0.244 e. The molecule has 0 atom stereocenters. The lowest BCUT2D eigenvalue weighted by Gasteiger charge is -2.18. The van der Waals surface area contributed by atoms with Crippen LogP contribution in [0.5, 0.6) is 0 Å². The zero-order valence-corrected chi connectivity index (χ0v) is 16.2. The van der Waals surface area contributed by atoms with Gasteiger partial charge in [-0.2, -0.15) is 10.2 Å². The summed E-state index contributed by atoms with van der Waals surface area (Å²) in [5.74, 6) is 0.0335. The summed E-state index contributed by atoms with van der Waals surface area (Å²) in [4.78, 5) is 14.2. The molecule has 0 aliphatic carbocycles. The third-order valence-electron chi connectivity index (χ3n) is 4.23. The molecule has 2 aromatic rings. The van der Waals surface area contributed by atoms with Crippen LogP contribution in [0.25, 0.3) is 0 Å². The monoisotopic (exact) mass is 381 g/mol. The number of halogens is 1. The third-order valence-corrected chi connectivity index (χ3v) is 5.38. The summed E-state index contributed by atoms with van der Waals surface area (Å²) in [6.45, 7) is 11.6. The van der Waals surface area contributed by atoms with Gasteiger partial charge >= 0.3 is 0 Å². The van der Waals surface area contributed by atoms with Gasteiger partial charge in [0, 0.05) is 31.4 Å². The number of rotatable bonds is 5. The lowest BCUT2D eigenvalue weighted by atomic mass is 10.2. The highest BCUT2D eigenvalue weighted by molar-refractivity contribution is 9.10. The normalized spacial score (nSPS) is 11.1. The highest BCUT2D eigenvalue weighted by Gasteiger charge is 2.18. The van der Waals surface area contributed by atoms with Gasteiger partial charge in [-0.3, -0.25) is 14.2 Å². The molecule has 0 aliphatic rings. The number of nitrogens with zero attached hydrogens (tertiary/aromatic N) is 5. The van der Waals surface area contributed by atoms with Crippen molar-refractivity contribution in [3.05, 3.63) is 32.8 Å². The molecule has 1 amide bonds. The summed E-state index contributed by atoms with van der Waals surface area (Å²) in [5.41, 5.74) is 5.10. The van der Waals surface area contributed by atoms with Crippen LogP contribution in [0, 0.1) is 27.7 Å². The average Bonchev–Trinajstić information content (AvgIpc) is 2.91. The molecule has 7 heteroatoms. The van der Waals surface area contributed by atoms with E-state index in [1.807, 2.05) is 32.5 Å². The Morgan fingerprint density at radius 2 is 1.70 bits per heavy atom. The van der Waals surface area contributed by atoms with Gasteiger partial charge in [0.25, 0.3) is 0 Å². The van der Waals surface area contributed by atoms with Crippen molar-refractivity contribution < 1.29 is 4.79 Å². The van der Waals surface area contributed by atoms with Gasteiger partial charge < -0.3 is 4.90 Å². The van der Waals surface area contributed by atoms with Gasteiger partial charge in [-0.25, -0.2) is 0 Å². The average molecular weight is 382 g/mol. The van der Waals surface area contributed by atoms with E-state index in [1.165, 1.54) is 0 Å². The fraction of sp³-hybridized carbons (Fsp3) is 0.562. The van der Waals surface area contributed by atoms with Gasteiger partial charge in [-0.1, -0.05) is 0 Å². The molecule has 0 radical (unpaired) electrons. The van der Waals surface area contributed by atoms with Crippen LogP contribution in [-0.2, 0) is 24.4 Å². The van der Waals surface area contributed by atoms with Crippen molar-refractivity contribution in [2.75, 3.05) is 7.05 Å². The maximum atomic E-state index is 12.5. The van der Waals surface area contributed by atoms with E-state index in [1.54, 1.807) is 9.58 Å². The topological polar surface area (TPSA) is 56.0 Å². The summed E-state index contributed by atoms with van der Waals surface area (Å²) < 4.78 is 4.68. The van der Waals surface area contributed by atoms with Gasteiger partial charge in [-0.05, 0) is 50.5 Å². The Bertz CT molecular complexity index is 731. The second kappa shape index (κ2) is 6.86. The Balaban J connectivity index is 2.11. The van der Waals surface area contributed by atoms with Gasteiger partial charge in [0.15, 0.2) is 0 Å². The minimum atomic E-state index is 0.0335. The van der Waals surface area contributed by atoms with Gasteiger partial charge in [-0.15, -0.1) is 0 Å². The first kappa shape index (κ1) is 17.7. The molecule has 0 aliphatic heterocycles. The summed E-state index contributed by atoms with van der Waals surface area (Å²) in [6.07, 6.45) is 0. The first-order chi connectivity index (χ1) is 10.8. The van der Waals surface area contributed by atoms with Crippen molar-refractivity contribution in [2.45, 2.75) is 54.3 Å². The fourth-order valence-electron chi connectivity index (χ4n) is 2.67. The molecule has 0 saturated carbocycles. The van der Waals surface area contributed by atoms with Crippen molar-refractivity contribution >= 4 is 21.8 Å². The molecule has 0 aromatic carbocycles. The molecule has 0 unspecified atom stereocenters. The van der Waals surface area contributed by atoms with E-state index < -0.39 is 0 Å². The van der Waals surface area contributed by atoms with Crippen molar-refractivity contribution in [1.29, 1.82) is 0 Å². The van der Waals surface area contributed by atoms with Gasteiger partial charge in [0.05, 0.1) is 21.6 Å². The zero-order valence-electron chi connectivity index (χ0n) is 14.6. The minimum absolute atomic E-state index is 0.0335. The molecular weight excluding hydrogens is 358 g/mol. The van der Waals surface area contributed by atoms with E-state index in [9.17, 15) is 4.79 Å². The molecule has 0 N–H and O–H groups in total. The van der Waals surface area contributed by atoms with Crippen LogP contribution in [0.1, 0.15) is 35.3 Å². The molecule has 2 aromatic heterocycles. The van der Waals surface area contributed by atoms with Crippen LogP contribution in [0.2, 0.25) is 0 Å². The van der Waals surface area contributed by atoms with Crippen molar-refractivity contribution in [3.8, 4) is 0 Å². The van der Waals surface area contributed by atoms with Crippen molar-refractivity contribution in [2.24, 2.45) is 0 Å². The number of amides is 1. The Labute approximate surface area is 145 Å². The predicted octanol–water partition coefficient (Wildman–Crippen LogP) is 2.75. The number of hydrogen-bond acceptors (Lipinski definition) is 3. The van der Waals surface area contributed by atoms with Crippen molar-refractivity contribution in [1.82, 2.24) is 24.5 Å². The summed E-state index contributed by atoms with van der Waals surface area (Å²) >= 11 is 3.49. The Morgan fingerprint density at radius 3 is 2.17 bits per heavy atom. The zero-order chi connectivity index (χ0) is 17.3. The molecular formula is C16H24BrN5O. The first-order valence-electron chi connectivity index (χ1n) is 7.72. The van der Waals surface area contributed by atoms with E-state index in [4.69, 9.17) is 0 Å². The van der Waals surface area contributed by atoms with E-state index >= 15 is 0 Å². The van der Waals surface area contributed by atoms with E-state index in [0.717, 1.165) is 39.4 Å². The quantitative estimate of drug-likeness (QED) is 0.799. The molecule has 0 fully saturated rings. The van der Waals surface area contributed by atoms with Crippen LogP contribution in [0.4, 0.5) is 0 Å². The van der Waals surface area contributed by atoms with E-state index in [2.05, 4.69) is 40.0 Å². The van der Waals surface area contributed by atoms with E-state index in [-0.39, 0.29) is 12.5 Å². The number of carbonyl (C=O) groups excluding carboxylic acids is 1. The Kier molecular flexibility index (Phi) is 5.29. The SMILES string of the molecule is CCn1nc(C)c(CN(C)C(=O)Cn2nc(C)c(Br)c2C)c1C. The highest BCUT2D eigenvalue weighted by Crippen LogP contribution is 2.20. The lowest BCUT2D eigenvalue weighted by molar-refractivity contribution is -0.131. The first-order valence-corrected chi connectivity index (χ1v) is 8.51. The lowest BCUT2D eigenvalue weighted by Crippen LogP contribution is -2.30. The standard InChI is InChI=1S/C16H24BrN5O/c1-7-21-12(4)14(10(2)18-21)8-20(6)15(23)9-22-13(5)16(17)11(3)19-22/h7-9H2,1-6H3. The second-order valence-corrected chi connectivity index (χ2v) is 6.65. The number of aromatic nitrogens is 4. The molecule has 6 nitrogen and oxygen atoms in total. The summed E-state index contributed by atoms with van der Waals surface area (Å²) in [7, 11) is 1.82. The number of hydrogen-bond donors (Lipinski definition) is 0. The number of carbonyl (C=O) groups is 1. The van der Waals surface area contributed by atoms with Gasteiger partial charge in [0.2, 0.25) is 5.91 Å². The maximum Gasteiger partial charge on any atom is 0.244 e. The highest BCUT2D eigenvalue weighted by atomic mass is 79.9. The second-order valence-electron chi connectivity index (χ2n) is 5.86.